The Kier molecular flexibility index (Phi) is 14.2. The fraction of sp³-hybridized carbons (Fsp3) is 0.435. The molecule has 1 unspecified atom stereocenters. The molecule has 0 aliphatic carbocycles. The van der Waals surface area contributed by atoms with Gasteiger partial charge in [-0.2, -0.15) is 0 Å². The van der Waals surface area contributed by atoms with Crippen molar-refractivity contribution >= 4 is 59.1 Å². The summed E-state index contributed by atoms with van der Waals surface area (Å²) in [5.74, 6) is -0.550. The normalized spacial score (nSPS) is 17.1. The quantitative estimate of drug-likeness (QED) is 0.0562. The van der Waals surface area contributed by atoms with E-state index in [1.165, 1.54) is 0 Å². The highest BCUT2D eigenvalue weighted by Gasteiger charge is 2.45. The van der Waals surface area contributed by atoms with Crippen LogP contribution in [-0.2, 0) is 27.0 Å². The van der Waals surface area contributed by atoms with Crippen molar-refractivity contribution < 1.29 is 28.5 Å². The maximum absolute atomic E-state index is 13.3. The van der Waals surface area contributed by atoms with Crippen molar-refractivity contribution in [2.45, 2.75) is 82.7 Å². The van der Waals surface area contributed by atoms with E-state index < -0.39 is 36.8 Å². The maximum atomic E-state index is 13.3. The molecule has 4 heterocycles. The summed E-state index contributed by atoms with van der Waals surface area (Å²) < 4.78 is 18.8. The number of carbonyl (C=O) groups is 4. The van der Waals surface area contributed by atoms with Gasteiger partial charge in [-0.3, -0.25) is 29.4 Å². The van der Waals surface area contributed by atoms with Crippen molar-refractivity contribution in [3.05, 3.63) is 106 Å². The fourth-order valence-electron chi connectivity index (χ4n) is 8.58. The van der Waals surface area contributed by atoms with Gasteiger partial charge in [0.2, 0.25) is 11.8 Å². The summed E-state index contributed by atoms with van der Waals surface area (Å²) in [6, 6.07) is 18.8. The second-order valence-electron chi connectivity index (χ2n) is 16.5. The van der Waals surface area contributed by atoms with Crippen LogP contribution < -0.4 is 30.9 Å². The molecule has 0 saturated carbocycles. The number of hydrogen-bond acceptors (Lipinski definition) is 11. The summed E-state index contributed by atoms with van der Waals surface area (Å²) >= 11 is 6.55. The minimum Gasteiger partial charge on any atom is -0.496 e. The number of aromatic nitrogens is 2. The van der Waals surface area contributed by atoms with Crippen LogP contribution >= 0.6 is 18.7 Å². The molecule has 61 heavy (non-hydrogen) atoms. The monoisotopic (exact) mass is 867 g/mol. The number of piperidine rings is 2. The molecule has 0 bridgehead atoms. The molecule has 0 radical (unpaired) electrons. The van der Waals surface area contributed by atoms with E-state index in [2.05, 4.69) is 44.0 Å². The lowest BCUT2D eigenvalue weighted by Gasteiger charge is -2.34. The van der Waals surface area contributed by atoms with Crippen molar-refractivity contribution in [1.82, 2.24) is 25.5 Å². The summed E-state index contributed by atoms with van der Waals surface area (Å²) in [4.78, 5) is 63.2. The number of fused-ring (bicyclic) bond motifs is 1. The van der Waals surface area contributed by atoms with Gasteiger partial charge in [-0.05, 0) is 75.7 Å². The summed E-state index contributed by atoms with van der Waals surface area (Å²) in [7, 11) is -0.778. The number of hydrogen-bond donors (Lipinski definition) is 3. The van der Waals surface area contributed by atoms with Crippen molar-refractivity contribution in [2.24, 2.45) is 0 Å². The lowest BCUT2D eigenvalue weighted by Crippen LogP contribution is -2.54. The van der Waals surface area contributed by atoms with Crippen LogP contribution in [-0.4, -0.2) is 97.2 Å². The number of halogens is 1. The van der Waals surface area contributed by atoms with Gasteiger partial charge in [-0.25, -0.2) is 9.97 Å². The molecule has 15 heteroatoms. The van der Waals surface area contributed by atoms with Crippen LogP contribution in [0.5, 0.6) is 5.75 Å². The predicted molar refractivity (Wildman–Crippen MR) is 239 cm³/mol. The van der Waals surface area contributed by atoms with E-state index in [-0.39, 0.29) is 18.4 Å². The highest BCUT2D eigenvalue weighted by molar-refractivity contribution is 7.70. The molecule has 4 aromatic rings. The zero-order chi connectivity index (χ0) is 43.1. The first-order valence-electron chi connectivity index (χ1n) is 21.3. The molecule has 3 aliphatic rings. The molecule has 13 nitrogen and oxygen atoms in total. The van der Waals surface area contributed by atoms with Crippen LogP contribution in [0.2, 0.25) is 5.02 Å². The molecule has 4 amide bonds. The Labute approximate surface area is 362 Å². The Bertz CT molecular complexity index is 2330. The second-order valence-corrected chi connectivity index (χ2v) is 20.1. The summed E-state index contributed by atoms with van der Waals surface area (Å²) in [6.45, 7) is 7.13. The number of nitrogens with zero attached hydrogens (tertiary/aromatic N) is 4. The summed E-state index contributed by atoms with van der Waals surface area (Å²) in [5, 5.41) is 10.7. The van der Waals surface area contributed by atoms with Crippen molar-refractivity contribution in [3.8, 4) is 5.75 Å². The third kappa shape index (κ3) is 10.5. The fourth-order valence-corrected chi connectivity index (χ4v) is 10.0. The first kappa shape index (κ1) is 44.0. The van der Waals surface area contributed by atoms with E-state index in [9.17, 15) is 23.7 Å². The number of methoxy groups -OCH3 is 1. The number of anilines is 2. The highest BCUT2D eigenvalue weighted by Crippen LogP contribution is 2.37. The van der Waals surface area contributed by atoms with E-state index in [1.807, 2.05) is 24.3 Å². The van der Waals surface area contributed by atoms with Gasteiger partial charge < -0.3 is 24.8 Å². The Morgan fingerprint density at radius 2 is 1.62 bits per heavy atom. The van der Waals surface area contributed by atoms with Gasteiger partial charge in [-0.15, -0.1) is 0 Å². The molecule has 2 fully saturated rings. The van der Waals surface area contributed by atoms with Gasteiger partial charge in [0.1, 0.15) is 24.8 Å². The Morgan fingerprint density at radius 1 is 0.869 bits per heavy atom. The van der Waals surface area contributed by atoms with Crippen LogP contribution in [0.1, 0.15) is 101 Å². The molecular formula is C46H55ClN7O6P. The molecule has 3 aromatic carbocycles. The van der Waals surface area contributed by atoms with E-state index in [0.29, 0.717) is 53.2 Å². The molecule has 3 aliphatic heterocycles. The number of amides is 4. The minimum atomic E-state index is -2.47. The zero-order valence-electron chi connectivity index (χ0n) is 35.2. The van der Waals surface area contributed by atoms with Crippen LogP contribution in [0.4, 0.5) is 11.4 Å². The number of nitrogens with one attached hydrogen (secondary N) is 3. The average molecular weight is 868 g/mol. The summed E-state index contributed by atoms with van der Waals surface area (Å²) in [6.07, 6.45) is 10.3. The minimum absolute atomic E-state index is 0.0912. The standard InChI is InChI=1S/C46H55ClN7O6P/c1-60-39-28-33(17-16-30(39)27-41-50-29-35(47)37(51-41)26-31-12-7-8-15-40(31)61(2,3)59)53-24-20-32(21-25-53)48-22-9-5-4-6-10-23-49-36-14-11-13-34-43(36)46(58)54(45(34)57)38-18-19-42(55)52-44(38)56/h7-8,11-17,28-29,32,38,48-49H,4-6,9-10,18-27H2,1-3H3,(H,52,55,56). The molecule has 7 rings (SSSR count). The number of carbonyl (C=O) groups excluding carboxylic acids is 4. The Hall–Kier alpha value is -5.10. The smallest absolute Gasteiger partial charge is 0.264 e. The van der Waals surface area contributed by atoms with Crippen LogP contribution in [0.25, 0.3) is 0 Å². The van der Waals surface area contributed by atoms with Crippen LogP contribution in [0, 0.1) is 0 Å². The number of rotatable bonds is 18. The number of imide groups is 2. The zero-order valence-corrected chi connectivity index (χ0v) is 36.8. The largest absolute Gasteiger partial charge is 0.496 e. The molecule has 1 aromatic heterocycles. The SMILES string of the molecule is COc1cc(N2CCC(NCCCCCCCNc3cccc4c3C(=O)N(C3CCC(=O)NC3=O)C4=O)CC2)ccc1Cc1ncc(Cl)c(Cc2ccccc2P(C)(C)=O)n1. The lowest BCUT2D eigenvalue weighted by molar-refractivity contribution is -0.136. The van der Waals surface area contributed by atoms with Crippen molar-refractivity contribution in [3.63, 3.8) is 0 Å². The van der Waals surface area contributed by atoms with Crippen LogP contribution in [0.15, 0.2) is 66.9 Å². The molecule has 2 saturated heterocycles. The topological polar surface area (TPSA) is 163 Å². The number of benzene rings is 3. The van der Waals surface area contributed by atoms with Gasteiger partial charge in [0.25, 0.3) is 11.8 Å². The highest BCUT2D eigenvalue weighted by atomic mass is 35.5. The lowest BCUT2D eigenvalue weighted by atomic mass is 10.0. The van der Waals surface area contributed by atoms with E-state index in [4.69, 9.17) is 21.3 Å². The van der Waals surface area contributed by atoms with E-state index in [1.54, 1.807) is 44.8 Å². The first-order valence-corrected chi connectivity index (χ1v) is 24.3. The molecule has 322 valence electrons. The van der Waals surface area contributed by atoms with Crippen molar-refractivity contribution in [2.75, 3.05) is 56.8 Å². The Balaban J connectivity index is 0.804. The number of unbranched alkanes of at least 4 members (excludes halogenated alkanes) is 4. The van der Waals surface area contributed by atoms with E-state index >= 15 is 0 Å². The van der Waals surface area contributed by atoms with Crippen LogP contribution in [0.3, 0.4) is 0 Å². The van der Waals surface area contributed by atoms with Gasteiger partial charge in [0, 0.05) is 79.4 Å². The maximum Gasteiger partial charge on any atom is 0.264 e. The molecule has 3 N–H and O–H groups in total. The van der Waals surface area contributed by atoms with E-state index in [0.717, 1.165) is 97.3 Å². The average Bonchev–Trinajstić information content (AvgIpc) is 3.50. The second kappa shape index (κ2) is 19.7. The molecule has 0 spiro atoms. The number of ether oxygens (including phenoxy) is 1. The first-order chi connectivity index (χ1) is 29.4. The third-order valence-electron chi connectivity index (χ3n) is 11.8. The van der Waals surface area contributed by atoms with Gasteiger partial charge in [0.05, 0.1) is 29.0 Å². The molecule has 1 atom stereocenters. The predicted octanol–water partition coefficient (Wildman–Crippen LogP) is 6.59. The van der Waals surface area contributed by atoms with Gasteiger partial charge in [0.15, 0.2) is 0 Å². The molecular weight excluding hydrogens is 813 g/mol. The van der Waals surface area contributed by atoms with Gasteiger partial charge >= 0.3 is 0 Å². The Morgan fingerprint density at radius 3 is 2.38 bits per heavy atom. The van der Waals surface area contributed by atoms with Gasteiger partial charge in [-0.1, -0.05) is 67.3 Å². The third-order valence-corrected chi connectivity index (χ3v) is 13.8. The van der Waals surface area contributed by atoms with Crippen molar-refractivity contribution in [1.29, 1.82) is 0 Å². The summed E-state index contributed by atoms with van der Waals surface area (Å²) in [5.41, 5.74) is 4.97.